The van der Waals surface area contributed by atoms with Crippen molar-refractivity contribution >= 4 is 11.3 Å². The zero-order chi connectivity index (χ0) is 13.8. The Morgan fingerprint density at radius 3 is 2.79 bits per heavy atom. The molecule has 0 saturated heterocycles. The second-order valence-electron chi connectivity index (χ2n) is 4.94. The fourth-order valence-corrected chi connectivity index (χ4v) is 2.63. The first-order valence-corrected chi connectivity index (χ1v) is 7.34. The summed E-state index contributed by atoms with van der Waals surface area (Å²) in [5.41, 5.74) is 8.96. The molecular weight excluding hydrogens is 256 g/mol. The molecule has 4 heteroatoms. The van der Waals surface area contributed by atoms with Crippen LogP contribution in [0, 0.1) is 6.92 Å². The van der Waals surface area contributed by atoms with Gasteiger partial charge < -0.3 is 10.5 Å². The number of ether oxygens (including phenoxy) is 1. The summed E-state index contributed by atoms with van der Waals surface area (Å²) >= 11 is 1.69. The van der Waals surface area contributed by atoms with Gasteiger partial charge in [-0.25, -0.2) is 4.98 Å². The van der Waals surface area contributed by atoms with E-state index in [1.807, 2.05) is 12.1 Å². The Morgan fingerprint density at radius 1 is 1.37 bits per heavy atom. The highest BCUT2D eigenvalue weighted by Gasteiger charge is 2.08. The number of hydrogen-bond donors (Lipinski definition) is 1. The highest BCUT2D eigenvalue weighted by Crippen LogP contribution is 2.23. The molecule has 0 bridgehead atoms. The van der Waals surface area contributed by atoms with Gasteiger partial charge in [-0.05, 0) is 13.0 Å². The largest absolute Gasteiger partial charge is 0.487 e. The van der Waals surface area contributed by atoms with Gasteiger partial charge in [0.05, 0.1) is 10.7 Å². The molecule has 0 fully saturated rings. The lowest BCUT2D eigenvalue weighted by atomic mass is 10.1. The van der Waals surface area contributed by atoms with Gasteiger partial charge >= 0.3 is 0 Å². The number of hydrogen-bond acceptors (Lipinski definition) is 4. The molecule has 0 aliphatic carbocycles. The molecule has 2 aromatic rings. The van der Waals surface area contributed by atoms with Gasteiger partial charge in [0.1, 0.15) is 12.4 Å². The number of rotatable bonds is 5. The Kier molecular flexibility index (Phi) is 4.56. The van der Waals surface area contributed by atoms with Crippen LogP contribution in [0.15, 0.2) is 23.6 Å². The lowest BCUT2D eigenvalue weighted by molar-refractivity contribution is 0.298. The SMILES string of the molecule is Cc1ccc(OCc2csc(C(C)C)n2)c(CN)c1. The fourth-order valence-electron chi connectivity index (χ4n) is 1.81. The van der Waals surface area contributed by atoms with Gasteiger partial charge in [-0.15, -0.1) is 11.3 Å². The lowest BCUT2D eigenvalue weighted by Crippen LogP contribution is -2.03. The molecule has 0 saturated carbocycles. The van der Waals surface area contributed by atoms with Gasteiger partial charge in [0.15, 0.2) is 0 Å². The predicted octanol–water partition coefficient (Wildman–Crippen LogP) is 3.61. The van der Waals surface area contributed by atoms with Gasteiger partial charge in [0, 0.05) is 23.4 Å². The Hall–Kier alpha value is -1.39. The number of aromatic nitrogens is 1. The van der Waals surface area contributed by atoms with Gasteiger partial charge in [-0.1, -0.05) is 31.5 Å². The second kappa shape index (κ2) is 6.17. The molecule has 1 aromatic heterocycles. The number of aryl methyl sites for hydroxylation is 1. The van der Waals surface area contributed by atoms with Crippen LogP contribution in [0.2, 0.25) is 0 Å². The summed E-state index contributed by atoms with van der Waals surface area (Å²) in [5.74, 6) is 1.32. The number of benzene rings is 1. The monoisotopic (exact) mass is 276 g/mol. The van der Waals surface area contributed by atoms with Crippen LogP contribution >= 0.6 is 11.3 Å². The summed E-state index contributed by atoms with van der Waals surface area (Å²) in [6.45, 7) is 7.34. The minimum absolute atomic E-state index is 0.470. The second-order valence-corrected chi connectivity index (χ2v) is 5.83. The van der Waals surface area contributed by atoms with E-state index < -0.39 is 0 Å². The average molecular weight is 276 g/mol. The van der Waals surface area contributed by atoms with Crippen molar-refractivity contribution in [1.29, 1.82) is 0 Å². The smallest absolute Gasteiger partial charge is 0.131 e. The molecular formula is C15H20N2OS. The van der Waals surface area contributed by atoms with Crippen molar-refractivity contribution in [3.05, 3.63) is 45.4 Å². The molecule has 0 aliphatic heterocycles. The van der Waals surface area contributed by atoms with Crippen LogP contribution in [0.1, 0.15) is 41.6 Å². The van der Waals surface area contributed by atoms with Crippen LogP contribution in [0.25, 0.3) is 0 Å². The maximum Gasteiger partial charge on any atom is 0.131 e. The first-order valence-electron chi connectivity index (χ1n) is 6.47. The van der Waals surface area contributed by atoms with Crippen LogP contribution < -0.4 is 10.5 Å². The normalized spacial score (nSPS) is 11.0. The third kappa shape index (κ3) is 3.55. The van der Waals surface area contributed by atoms with Gasteiger partial charge in [0.25, 0.3) is 0 Å². The van der Waals surface area contributed by atoms with Crippen molar-refractivity contribution in [2.24, 2.45) is 5.73 Å². The Bertz CT molecular complexity index is 549. The zero-order valence-electron chi connectivity index (χ0n) is 11.6. The van der Waals surface area contributed by atoms with Crippen molar-refractivity contribution in [3.63, 3.8) is 0 Å². The molecule has 1 heterocycles. The third-order valence-electron chi connectivity index (χ3n) is 2.87. The number of nitrogens with two attached hydrogens (primary N) is 1. The van der Waals surface area contributed by atoms with Gasteiger partial charge in [0.2, 0.25) is 0 Å². The summed E-state index contributed by atoms with van der Waals surface area (Å²) in [6.07, 6.45) is 0. The summed E-state index contributed by atoms with van der Waals surface area (Å²) < 4.78 is 5.83. The topological polar surface area (TPSA) is 48.1 Å². The van der Waals surface area contributed by atoms with E-state index in [-0.39, 0.29) is 0 Å². The lowest BCUT2D eigenvalue weighted by Gasteiger charge is -2.10. The summed E-state index contributed by atoms with van der Waals surface area (Å²) in [5, 5.41) is 3.22. The average Bonchev–Trinajstić information content (AvgIpc) is 2.86. The van der Waals surface area contributed by atoms with Crippen LogP contribution in [0.5, 0.6) is 5.75 Å². The number of thiazole rings is 1. The highest BCUT2D eigenvalue weighted by molar-refractivity contribution is 7.09. The van der Waals surface area contributed by atoms with E-state index >= 15 is 0 Å². The van der Waals surface area contributed by atoms with Crippen LogP contribution in [0.4, 0.5) is 0 Å². The maximum atomic E-state index is 5.83. The van der Waals surface area contributed by atoms with E-state index in [0.717, 1.165) is 22.0 Å². The Balaban J connectivity index is 2.05. The molecule has 0 spiro atoms. The molecule has 2 rings (SSSR count). The summed E-state index contributed by atoms with van der Waals surface area (Å²) in [7, 11) is 0. The standard InChI is InChI=1S/C15H20N2OS/c1-10(2)15-17-13(9-19-15)8-18-14-5-4-11(3)6-12(14)7-16/h4-6,9-10H,7-8,16H2,1-3H3. The molecule has 3 nitrogen and oxygen atoms in total. The van der Waals surface area contributed by atoms with Crippen molar-refractivity contribution < 1.29 is 4.74 Å². The van der Waals surface area contributed by atoms with Crippen LogP contribution in [-0.4, -0.2) is 4.98 Å². The predicted molar refractivity (Wildman–Crippen MR) is 79.6 cm³/mol. The van der Waals surface area contributed by atoms with E-state index in [1.165, 1.54) is 5.56 Å². The molecule has 0 amide bonds. The minimum Gasteiger partial charge on any atom is -0.487 e. The van der Waals surface area contributed by atoms with Crippen molar-refractivity contribution in [3.8, 4) is 5.75 Å². The molecule has 0 radical (unpaired) electrons. The minimum atomic E-state index is 0.470. The fraction of sp³-hybridized carbons (Fsp3) is 0.400. The molecule has 0 atom stereocenters. The van der Waals surface area contributed by atoms with E-state index in [1.54, 1.807) is 11.3 Å². The first kappa shape index (κ1) is 14.0. The van der Waals surface area contributed by atoms with Gasteiger partial charge in [-0.3, -0.25) is 0 Å². The van der Waals surface area contributed by atoms with E-state index in [0.29, 0.717) is 19.1 Å². The van der Waals surface area contributed by atoms with Crippen LogP contribution in [-0.2, 0) is 13.2 Å². The van der Waals surface area contributed by atoms with Crippen molar-refractivity contribution in [2.45, 2.75) is 39.8 Å². The molecule has 102 valence electrons. The molecule has 0 unspecified atom stereocenters. The van der Waals surface area contributed by atoms with Crippen LogP contribution in [0.3, 0.4) is 0 Å². The van der Waals surface area contributed by atoms with E-state index in [2.05, 4.69) is 37.2 Å². The van der Waals surface area contributed by atoms with E-state index in [9.17, 15) is 0 Å². The molecule has 2 N–H and O–H groups in total. The molecule has 19 heavy (non-hydrogen) atoms. The summed E-state index contributed by atoms with van der Waals surface area (Å²) in [6, 6.07) is 6.08. The summed E-state index contributed by atoms with van der Waals surface area (Å²) in [4.78, 5) is 4.56. The first-order chi connectivity index (χ1) is 9.10. The van der Waals surface area contributed by atoms with Crippen molar-refractivity contribution in [1.82, 2.24) is 4.98 Å². The van der Waals surface area contributed by atoms with Crippen molar-refractivity contribution in [2.75, 3.05) is 0 Å². The molecule has 0 aliphatic rings. The van der Waals surface area contributed by atoms with Gasteiger partial charge in [-0.2, -0.15) is 0 Å². The van der Waals surface area contributed by atoms with E-state index in [4.69, 9.17) is 10.5 Å². The quantitative estimate of drug-likeness (QED) is 0.907. The zero-order valence-corrected chi connectivity index (χ0v) is 12.5. The molecule has 1 aromatic carbocycles. The highest BCUT2D eigenvalue weighted by atomic mass is 32.1. The maximum absolute atomic E-state index is 5.83. The number of nitrogens with zero attached hydrogens (tertiary/aromatic N) is 1. The Morgan fingerprint density at radius 2 is 2.16 bits per heavy atom. The third-order valence-corrected chi connectivity index (χ3v) is 4.07. The Labute approximate surface area is 118 Å².